The van der Waals surface area contributed by atoms with E-state index in [-0.39, 0.29) is 33.3 Å². The van der Waals surface area contributed by atoms with Gasteiger partial charge in [-0.2, -0.15) is 36.9 Å². The lowest BCUT2D eigenvalue weighted by Crippen LogP contribution is -2.17. The number of para-hydroxylation sites is 4. The topological polar surface area (TPSA) is 67.3 Å². The van der Waals surface area contributed by atoms with Crippen molar-refractivity contribution in [2.24, 2.45) is 0 Å². The van der Waals surface area contributed by atoms with E-state index in [9.17, 15) is 36.9 Å². The molecule has 10 aromatic carbocycles. The van der Waals surface area contributed by atoms with Gasteiger partial charge in [0.1, 0.15) is 23.3 Å². The average Bonchev–Trinajstić information content (AvgIpc) is 4.42. The fourth-order valence-corrected chi connectivity index (χ4v) is 13.6. The number of aryl methyl sites for hydroxylation is 1. The normalized spacial score (nSPS) is 12.5. The molecule has 0 fully saturated rings. The van der Waals surface area contributed by atoms with Gasteiger partial charge in [0.15, 0.2) is 0 Å². The molecular formula is C65H34F6N6S. The van der Waals surface area contributed by atoms with Gasteiger partial charge in [-0.25, -0.2) is 0 Å². The summed E-state index contributed by atoms with van der Waals surface area (Å²) < 4.78 is 98.4. The molecule has 13 heteroatoms. The predicted octanol–water partition coefficient (Wildman–Crippen LogP) is 18.5. The van der Waals surface area contributed by atoms with Gasteiger partial charge < -0.3 is 18.3 Å². The third-order valence-electron chi connectivity index (χ3n) is 15.5. The number of rotatable bonds is 4. The van der Waals surface area contributed by atoms with E-state index in [1.54, 1.807) is 69.0 Å². The Morgan fingerprint density at radius 3 is 1.18 bits per heavy atom. The number of hydrogen-bond acceptors (Lipinski definition) is 3. The quantitative estimate of drug-likeness (QED) is 0.165. The fraction of sp³-hybridized carbons (Fsp3) is 0.0462. The molecule has 0 spiro atoms. The van der Waals surface area contributed by atoms with Crippen LogP contribution in [0, 0.1) is 29.6 Å². The van der Waals surface area contributed by atoms with Gasteiger partial charge in [-0.3, -0.25) is 0 Å². The van der Waals surface area contributed by atoms with Crippen molar-refractivity contribution in [3.63, 3.8) is 0 Å². The fourth-order valence-electron chi connectivity index (χ4n) is 12.4. The highest BCUT2D eigenvalue weighted by Crippen LogP contribution is 2.51. The zero-order valence-corrected chi connectivity index (χ0v) is 41.6. The van der Waals surface area contributed by atoms with Gasteiger partial charge in [0.05, 0.1) is 82.7 Å². The lowest BCUT2D eigenvalue weighted by molar-refractivity contribution is -0.138. The molecule has 0 bridgehead atoms. The number of nitriles is 2. The third-order valence-corrected chi connectivity index (χ3v) is 16.7. The van der Waals surface area contributed by atoms with E-state index < -0.39 is 23.5 Å². The maximum absolute atomic E-state index is 14.8. The molecule has 0 atom stereocenters. The molecule has 0 aliphatic rings. The molecule has 0 aliphatic carbocycles. The van der Waals surface area contributed by atoms with Crippen LogP contribution in [0.4, 0.5) is 26.3 Å². The highest BCUT2D eigenvalue weighted by molar-refractivity contribution is 7.26. The van der Waals surface area contributed by atoms with Crippen LogP contribution >= 0.6 is 11.3 Å². The maximum atomic E-state index is 14.8. The Hall–Kier alpha value is -9.82. The smallest absolute Gasteiger partial charge is 0.306 e. The minimum Gasteiger partial charge on any atom is -0.306 e. The van der Waals surface area contributed by atoms with Gasteiger partial charge in [-0.15, -0.1) is 11.3 Å². The molecule has 5 aromatic heterocycles. The second-order valence-electron chi connectivity index (χ2n) is 19.7. The highest BCUT2D eigenvalue weighted by Gasteiger charge is 2.37. The molecule has 15 rings (SSSR count). The molecule has 0 N–H and O–H groups in total. The van der Waals surface area contributed by atoms with Crippen molar-refractivity contribution in [1.82, 2.24) is 18.3 Å². The van der Waals surface area contributed by atoms with Crippen molar-refractivity contribution in [2.45, 2.75) is 19.3 Å². The lowest BCUT2D eigenvalue weighted by Gasteiger charge is -2.27. The number of alkyl halides is 6. The maximum Gasteiger partial charge on any atom is 0.416 e. The van der Waals surface area contributed by atoms with Crippen molar-refractivity contribution in [3.8, 4) is 34.9 Å². The van der Waals surface area contributed by atoms with Crippen LogP contribution in [0.5, 0.6) is 0 Å². The molecule has 0 unspecified atom stereocenters. The molecule has 0 saturated carbocycles. The Balaban J connectivity index is 1.27. The van der Waals surface area contributed by atoms with Crippen LogP contribution in [-0.2, 0) is 12.4 Å². The first kappa shape index (κ1) is 45.6. The van der Waals surface area contributed by atoms with Crippen LogP contribution in [-0.4, -0.2) is 18.3 Å². The Labute approximate surface area is 441 Å². The van der Waals surface area contributed by atoms with Crippen LogP contribution in [0.3, 0.4) is 0 Å². The average molecular weight is 1050 g/mol. The molecule has 372 valence electrons. The lowest BCUT2D eigenvalue weighted by atomic mass is 9.98. The van der Waals surface area contributed by atoms with Crippen molar-refractivity contribution >= 4 is 119 Å². The summed E-state index contributed by atoms with van der Waals surface area (Å²) in [6.45, 7) is 2.00. The number of hydrogen-bond donors (Lipinski definition) is 0. The number of fused-ring (bicyclic) bond motifs is 16. The number of nitrogens with zero attached hydrogens (tertiary/aromatic N) is 6. The van der Waals surface area contributed by atoms with Crippen LogP contribution in [0.2, 0.25) is 0 Å². The van der Waals surface area contributed by atoms with Crippen LogP contribution in [0.15, 0.2) is 188 Å². The van der Waals surface area contributed by atoms with Crippen molar-refractivity contribution < 1.29 is 26.3 Å². The van der Waals surface area contributed by atoms with Gasteiger partial charge in [0.25, 0.3) is 0 Å². The van der Waals surface area contributed by atoms with E-state index in [1.807, 2.05) is 84.3 Å². The van der Waals surface area contributed by atoms with Crippen LogP contribution < -0.4 is 0 Å². The predicted molar refractivity (Wildman–Crippen MR) is 301 cm³/mol. The van der Waals surface area contributed by atoms with E-state index in [0.717, 1.165) is 77.1 Å². The van der Waals surface area contributed by atoms with Crippen molar-refractivity contribution in [1.29, 1.82) is 10.5 Å². The highest BCUT2D eigenvalue weighted by atomic mass is 32.1. The van der Waals surface area contributed by atoms with E-state index in [0.29, 0.717) is 60.8 Å². The van der Waals surface area contributed by atoms with Crippen LogP contribution in [0.1, 0.15) is 27.8 Å². The van der Waals surface area contributed by atoms with E-state index in [4.69, 9.17) is 0 Å². The minimum absolute atomic E-state index is 0.0390. The summed E-state index contributed by atoms with van der Waals surface area (Å²) in [4.78, 5) is 0. The van der Waals surface area contributed by atoms with Gasteiger partial charge >= 0.3 is 12.4 Å². The summed E-state index contributed by atoms with van der Waals surface area (Å²) in [5.74, 6) is 0. The molecule has 5 heterocycles. The zero-order chi connectivity index (χ0) is 53.1. The van der Waals surface area contributed by atoms with Gasteiger partial charge in [0.2, 0.25) is 0 Å². The molecular weight excluding hydrogens is 1010 g/mol. The van der Waals surface area contributed by atoms with Crippen LogP contribution in [0.25, 0.3) is 130 Å². The van der Waals surface area contributed by atoms with Crippen molar-refractivity contribution in [2.75, 3.05) is 0 Å². The summed E-state index contributed by atoms with van der Waals surface area (Å²) in [7, 11) is 0. The minimum atomic E-state index is -4.71. The first-order valence-corrected chi connectivity index (χ1v) is 25.8. The first-order valence-electron chi connectivity index (χ1n) is 24.9. The summed E-state index contributed by atoms with van der Waals surface area (Å²) in [6, 6.07) is 60.5. The Bertz CT molecular complexity index is 5240. The molecule has 6 nitrogen and oxygen atoms in total. The Morgan fingerprint density at radius 1 is 0.359 bits per heavy atom. The second kappa shape index (κ2) is 16.1. The monoisotopic (exact) mass is 1040 g/mol. The second-order valence-corrected chi connectivity index (χ2v) is 20.7. The Kier molecular flexibility index (Phi) is 9.41. The summed E-state index contributed by atoms with van der Waals surface area (Å²) >= 11 is 1.61. The number of benzene rings is 10. The number of aromatic nitrogens is 4. The third kappa shape index (κ3) is 6.19. The molecule has 0 aliphatic heterocycles. The molecule has 0 saturated heterocycles. The molecule has 78 heavy (non-hydrogen) atoms. The van der Waals surface area contributed by atoms with Gasteiger partial charge in [-0.1, -0.05) is 115 Å². The number of thiophene rings is 1. The molecule has 0 radical (unpaired) electrons. The van der Waals surface area contributed by atoms with E-state index in [2.05, 4.69) is 47.0 Å². The first-order chi connectivity index (χ1) is 37.8. The molecule has 15 aromatic rings. The summed E-state index contributed by atoms with van der Waals surface area (Å²) in [5.41, 5.74) is 4.52. The van der Waals surface area contributed by atoms with E-state index in [1.165, 1.54) is 12.1 Å². The number of halogens is 6. The zero-order valence-electron chi connectivity index (χ0n) is 40.8. The standard InChI is InChI=1S/C65H34F6N6S/c1-35-22-27-54-45(30-35)39-13-3-7-17-50(39)74(54)60-48(33-72)58(75-51-18-8-4-14-40(51)46-31-36(64(66,67)68)23-28-55(46)75)59(76-52-19-9-5-15-41(52)47-32-37(65(69,70)71)24-29-56(47)76)49(34-73)61(60)77-53-20-10-2-12-38(53)43-25-26-44-42-16-6-11-21-57(42)78-63(44)62(43)77/h2-32H,1H3. The summed E-state index contributed by atoms with van der Waals surface area (Å²) in [5, 5.41) is 32.1. The SMILES string of the molecule is Cc1ccc2c(c1)c1ccccc1n2-c1c(C#N)c(-n2c3ccccc3c3cc(C(F)(F)F)ccc32)c(-n2c3ccccc3c3cc(C(F)(F)F)ccc32)c(C#N)c1-n1c2ccccc2c2ccc3c4ccccc4sc3c21. The van der Waals surface area contributed by atoms with Gasteiger partial charge in [-0.05, 0) is 85.8 Å². The molecule has 0 amide bonds. The van der Waals surface area contributed by atoms with Crippen molar-refractivity contribution in [3.05, 3.63) is 216 Å². The summed E-state index contributed by atoms with van der Waals surface area (Å²) in [6.07, 6.45) is -9.42. The van der Waals surface area contributed by atoms with E-state index >= 15 is 0 Å². The largest absolute Gasteiger partial charge is 0.416 e. The van der Waals surface area contributed by atoms with Gasteiger partial charge in [0, 0.05) is 58.6 Å². The Morgan fingerprint density at radius 2 is 0.718 bits per heavy atom.